The topological polar surface area (TPSA) is 64.2 Å². The molecule has 1 fully saturated rings. The Labute approximate surface area is 137 Å². The second kappa shape index (κ2) is 5.87. The molecular formula is C15H19BrN4O2. The Morgan fingerprint density at radius 1 is 1.50 bits per heavy atom. The predicted octanol–water partition coefficient (Wildman–Crippen LogP) is 3.27. The van der Waals surface area contributed by atoms with Crippen molar-refractivity contribution in [1.29, 1.82) is 0 Å². The molecule has 1 unspecified atom stereocenters. The number of hydrogen-bond donors (Lipinski definition) is 0. The van der Waals surface area contributed by atoms with E-state index < -0.39 is 0 Å². The van der Waals surface area contributed by atoms with Gasteiger partial charge in [0.2, 0.25) is 0 Å². The van der Waals surface area contributed by atoms with Crippen LogP contribution in [-0.4, -0.2) is 32.3 Å². The monoisotopic (exact) mass is 366 g/mol. The first-order valence-electron chi connectivity index (χ1n) is 7.44. The first-order valence-corrected chi connectivity index (χ1v) is 8.23. The van der Waals surface area contributed by atoms with Crippen molar-refractivity contribution in [3.63, 3.8) is 0 Å². The molecule has 0 saturated carbocycles. The van der Waals surface area contributed by atoms with Gasteiger partial charge in [-0.3, -0.25) is 9.48 Å². The van der Waals surface area contributed by atoms with Gasteiger partial charge in [-0.2, -0.15) is 5.10 Å². The van der Waals surface area contributed by atoms with E-state index in [4.69, 9.17) is 4.52 Å². The number of rotatable bonds is 3. The highest BCUT2D eigenvalue weighted by Gasteiger charge is 2.35. The van der Waals surface area contributed by atoms with E-state index in [0.29, 0.717) is 16.1 Å². The van der Waals surface area contributed by atoms with Gasteiger partial charge in [0.05, 0.1) is 22.4 Å². The standard InChI is InChI=1S/C15H19BrN4O2/c1-9(2)11-7-13(22-18-11)12-5-4-6-20(12)15(21)14-10(16)8-17-19(14)3/h7-9,12H,4-6H2,1-3H3. The van der Waals surface area contributed by atoms with Gasteiger partial charge in [-0.05, 0) is 34.7 Å². The van der Waals surface area contributed by atoms with Crippen molar-refractivity contribution in [3.8, 4) is 0 Å². The molecule has 1 atom stereocenters. The molecule has 118 valence electrons. The molecule has 0 radical (unpaired) electrons. The summed E-state index contributed by atoms with van der Waals surface area (Å²) in [5.41, 5.74) is 1.49. The molecule has 6 nitrogen and oxygen atoms in total. The SMILES string of the molecule is CC(C)c1cc(C2CCCN2C(=O)c2c(Br)cnn2C)on1. The molecule has 1 saturated heterocycles. The van der Waals surface area contributed by atoms with E-state index in [1.165, 1.54) is 0 Å². The summed E-state index contributed by atoms with van der Waals surface area (Å²) in [6.07, 6.45) is 3.50. The summed E-state index contributed by atoms with van der Waals surface area (Å²) in [7, 11) is 1.77. The number of carbonyl (C=O) groups excluding carboxylic acids is 1. The van der Waals surface area contributed by atoms with Crippen molar-refractivity contribution in [3.05, 3.63) is 33.9 Å². The van der Waals surface area contributed by atoms with E-state index in [9.17, 15) is 4.79 Å². The lowest BCUT2D eigenvalue weighted by Gasteiger charge is -2.22. The molecule has 0 aliphatic carbocycles. The maximum absolute atomic E-state index is 12.8. The number of aromatic nitrogens is 3. The van der Waals surface area contributed by atoms with Crippen LogP contribution >= 0.6 is 15.9 Å². The molecule has 2 aromatic rings. The third-order valence-electron chi connectivity index (χ3n) is 4.08. The zero-order chi connectivity index (χ0) is 15.9. The minimum Gasteiger partial charge on any atom is -0.359 e. The van der Waals surface area contributed by atoms with Crippen molar-refractivity contribution < 1.29 is 9.32 Å². The second-order valence-electron chi connectivity index (χ2n) is 5.93. The lowest BCUT2D eigenvalue weighted by molar-refractivity contribution is 0.0702. The van der Waals surface area contributed by atoms with E-state index in [2.05, 4.69) is 40.0 Å². The van der Waals surface area contributed by atoms with Gasteiger partial charge in [-0.15, -0.1) is 0 Å². The Kier molecular flexibility index (Phi) is 4.08. The molecule has 3 heterocycles. The van der Waals surface area contributed by atoms with E-state index in [-0.39, 0.29) is 11.9 Å². The number of likely N-dealkylation sites (tertiary alicyclic amines) is 1. The van der Waals surface area contributed by atoms with Crippen LogP contribution < -0.4 is 0 Å². The van der Waals surface area contributed by atoms with Gasteiger partial charge in [0.15, 0.2) is 5.76 Å². The molecule has 1 amide bonds. The van der Waals surface area contributed by atoms with E-state index in [1.807, 2.05) is 11.0 Å². The Morgan fingerprint density at radius 2 is 2.27 bits per heavy atom. The van der Waals surface area contributed by atoms with E-state index in [0.717, 1.165) is 30.8 Å². The van der Waals surface area contributed by atoms with Gasteiger partial charge in [-0.1, -0.05) is 19.0 Å². The molecule has 0 bridgehead atoms. The second-order valence-corrected chi connectivity index (χ2v) is 6.78. The van der Waals surface area contributed by atoms with Crippen LogP contribution in [0.25, 0.3) is 0 Å². The van der Waals surface area contributed by atoms with Gasteiger partial charge in [0.1, 0.15) is 5.69 Å². The quantitative estimate of drug-likeness (QED) is 0.835. The third kappa shape index (κ3) is 2.58. The zero-order valence-corrected chi connectivity index (χ0v) is 14.5. The average molecular weight is 367 g/mol. The highest BCUT2D eigenvalue weighted by molar-refractivity contribution is 9.10. The minimum absolute atomic E-state index is 0.0307. The largest absolute Gasteiger partial charge is 0.359 e. The van der Waals surface area contributed by atoms with Crippen LogP contribution in [0.1, 0.15) is 60.6 Å². The van der Waals surface area contributed by atoms with Crippen molar-refractivity contribution >= 4 is 21.8 Å². The number of carbonyl (C=O) groups is 1. The normalized spacial score (nSPS) is 18.4. The molecule has 2 aromatic heterocycles. The average Bonchev–Trinajstić information content (AvgIpc) is 3.17. The Hall–Kier alpha value is -1.63. The molecule has 3 rings (SSSR count). The summed E-state index contributed by atoms with van der Waals surface area (Å²) in [5.74, 6) is 1.05. The van der Waals surface area contributed by atoms with Gasteiger partial charge in [0, 0.05) is 19.7 Å². The van der Waals surface area contributed by atoms with Gasteiger partial charge < -0.3 is 9.42 Å². The van der Waals surface area contributed by atoms with Crippen LogP contribution in [0.4, 0.5) is 0 Å². The van der Waals surface area contributed by atoms with Crippen molar-refractivity contribution in [2.75, 3.05) is 6.54 Å². The first-order chi connectivity index (χ1) is 10.5. The third-order valence-corrected chi connectivity index (χ3v) is 4.66. The Morgan fingerprint density at radius 3 is 2.86 bits per heavy atom. The smallest absolute Gasteiger partial charge is 0.273 e. The Bertz CT molecular complexity index is 672. The number of nitrogens with zero attached hydrogens (tertiary/aromatic N) is 4. The van der Waals surface area contributed by atoms with Crippen LogP contribution in [0.3, 0.4) is 0 Å². The fourth-order valence-electron chi connectivity index (χ4n) is 2.83. The van der Waals surface area contributed by atoms with E-state index in [1.54, 1.807) is 17.9 Å². The molecular weight excluding hydrogens is 348 g/mol. The molecule has 1 aliphatic heterocycles. The van der Waals surface area contributed by atoms with Crippen LogP contribution in [0.5, 0.6) is 0 Å². The van der Waals surface area contributed by atoms with Gasteiger partial charge in [0.25, 0.3) is 5.91 Å². The van der Waals surface area contributed by atoms with Gasteiger partial charge >= 0.3 is 0 Å². The number of hydrogen-bond acceptors (Lipinski definition) is 4. The summed E-state index contributed by atoms with van der Waals surface area (Å²) in [6, 6.07) is 1.92. The molecule has 22 heavy (non-hydrogen) atoms. The summed E-state index contributed by atoms with van der Waals surface area (Å²) in [5, 5.41) is 8.23. The lowest BCUT2D eigenvalue weighted by atomic mass is 10.1. The number of halogens is 1. The maximum Gasteiger partial charge on any atom is 0.273 e. The van der Waals surface area contributed by atoms with Crippen molar-refractivity contribution in [2.24, 2.45) is 7.05 Å². The zero-order valence-electron chi connectivity index (χ0n) is 12.9. The predicted molar refractivity (Wildman–Crippen MR) is 84.5 cm³/mol. The molecule has 0 spiro atoms. The maximum atomic E-state index is 12.8. The lowest BCUT2D eigenvalue weighted by Crippen LogP contribution is -2.32. The van der Waals surface area contributed by atoms with Crippen LogP contribution in [-0.2, 0) is 7.05 Å². The van der Waals surface area contributed by atoms with Crippen molar-refractivity contribution in [1.82, 2.24) is 19.8 Å². The molecule has 1 aliphatic rings. The number of aryl methyl sites for hydroxylation is 1. The van der Waals surface area contributed by atoms with E-state index >= 15 is 0 Å². The molecule has 0 N–H and O–H groups in total. The fraction of sp³-hybridized carbons (Fsp3) is 0.533. The minimum atomic E-state index is -0.0469. The van der Waals surface area contributed by atoms with Crippen LogP contribution in [0, 0.1) is 0 Å². The fourth-order valence-corrected chi connectivity index (χ4v) is 3.34. The summed E-state index contributed by atoms with van der Waals surface area (Å²) in [4.78, 5) is 14.7. The highest BCUT2D eigenvalue weighted by Crippen LogP contribution is 2.35. The molecule has 7 heteroatoms. The van der Waals surface area contributed by atoms with Crippen LogP contribution in [0.15, 0.2) is 21.3 Å². The first kappa shape index (κ1) is 15.3. The highest BCUT2D eigenvalue weighted by atomic mass is 79.9. The molecule has 0 aromatic carbocycles. The van der Waals surface area contributed by atoms with Crippen molar-refractivity contribution in [2.45, 2.75) is 38.6 Å². The number of amides is 1. The van der Waals surface area contributed by atoms with Crippen LogP contribution in [0.2, 0.25) is 0 Å². The summed E-state index contributed by atoms with van der Waals surface area (Å²) < 4.78 is 7.80. The summed E-state index contributed by atoms with van der Waals surface area (Å²) >= 11 is 3.40. The summed E-state index contributed by atoms with van der Waals surface area (Å²) in [6.45, 7) is 4.87. The Balaban J connectivity index is 1.88. The van der Waals surface area contributed by atoms with Gasteiger partial charge in [-0.25, -0.2) is 0 Å².